The number of unbranched alkanes of at least 4 members (excludes halogenated alkanes) is 4. The van der Waals surface area contributed by atoms with Gasteiger partial charge in [0.25, 0.3) is 0 Å². The van der Waals surface area contributed by atoms with Crippen molar-refractivity contribution < 1.29 is 78.9 Å². The average molecular weight is 735 g/mol. The third kappa shape index (κ3) is 23.1. The van der Waals surface area contributed by atoms with Crippen molar-refractivity contribution in [3.05, 3.63) is 29.1 Å². The first-order valence-corrected chi connectivity index (χ1v) is 16.8. The van der Waals surface area contributed by atoms with Gasteiger partial charge in [-0.3, -0.25) is 9.59 Å². The zero-order chi connectivity index (χ0) is 36.7. The maximum Gasteiger partial charge on any atom is 0.313 e. The molecule has 50 heavy (non-hydrogen) atoms. The van der Waals surface area contributed by atoms with E-state index < -0.39 is 47.2 Å². The summed E-state index contributed by atoms with van der Waals surface area (Å²) >= 11 is 0. The fourth-order valence-corrected chi connectivity index (χ4v) is 3.80. The number of halogens is 5. The smallest absolute Gasteiger partial charge is 0.313 e. The van der Waals surface area contributed by atoms with Gasteiger partial charge in [0.15, 0.2) is 0 Å². The first kappa shape index (κ1) is 45.5. The lowest BCUT2D eigenvalue weighted by Crippen LogP contribution is -2.16. The van der Waals surface area contributed by atoms with E-state index in [2.05, 4.69) is 11.7 Å². The molecule has 1 aromatic rings. The number of hydrogen-bond acceptors (Lipinski definition) is 12. The van der Waals surface area contributed by atoms with E-state index in [4.69, 9.17) is 42.6 Å². The van der Waals surface area contributed by atoms with Gasteiger partial charge in [0.05, 0.1) is 112 Å². The summed E-state index contributed by atoms with van der Waals surface area (Å²) in [7, 11) is 0. The Morgan fingerprint density at radius 1 is 0.400 bits per heavy atom. The minimum atomic E-state index is -2.35. The van der Waals surface area contributed by atoms with Crippen molar-refractivity contribution in [2.75, 3.05) is 112 Å². The molecule has 17 heteroatoms. The lowest BCUT2D eigenvalue weighted by Gasteiger charge is -2.09. The summed E-state index contributed by atoms with van der Waals surface area (Å²) in [6.45, 7) is 7.41. The molecule has 0 aliphatic carbocycles. The van der Waals surface area contributed by atoms with E-state index in [1.54, 1.807) is 0 Å². The highest BCUT2D eigenvalue weighted by Gasteiger charge is 2.28. The van der Waals surface area contributed by atoms with E-state index in [1.165, 1.54) is 12.8 Å². The molecule has 290 valence electrons. The normalized spacial score (nSPS) is 11.3. The van der Waals surface area contributed by atoms with Gasteiger partial charge < -0.3 is 47.4 Å². The van der Waals surface area contributed by atoms with Crippen LogP contribution in [0, 0.1) is 29.1 Å². The van der Waals surface area contributed by atoms with Crippen molar-refractivity contribution in [3.8, 4) is 5.75 Å². The van der Waals surface area contributed by atoms with E-state index in [0.717, 1.165) is 19.3 Å². The molecule has 0 saturated carbocycles. The van der Waals surface area contributed by atoms with Crippen LogP contribution in [-0.4, -0.2) is 124 Å². The van der Waals surface area contributed by atoms with Crippen LogP contribution in [0.15, 0.2) is 0 Å². The summed E-state index contributed by atoms with van der Waals surface area (Å²) < 4.78 is 119. The Labute approximate surface area is 290 Å². The Morgan fingerprint density at radius 2 is 0.740 bits per heavy atom. The fourth-order valence-electron chi connectivity index (χ4n) is 3.80. The van der Waals surface area contributed by atoms with E-state index in [1.807, 2.05) is 0 Å². The van der Waals surface area contributed by atoms with E-state index in [9.17, 15) is 31.5 Å². The maximum absolute atomic E-state index is 13.5. The van der Waals surface area contributed by atoms with Crippen molar-refractivity contribution in [3.63, 3.8) is 0 Å². The average Bonchev–Trinajstić information content (AvgIpc) is 3.11. The van der Waals surface area contributed by atoms with Crippen LogP contribution in [-0.2, 0) is 52.2 Å². The summed E-state index contributed by atoms with van der Waals surface area (Å²) in [6.07, 6.45) is 5.43. The zero-order valence-electron chi connectivity index (χ0n) is 28.8. The molecule has 1 rings (SSSR count). The summed E-state index contributed by atoms with van der Waals surface area (Å²) in [5.41, 5.74) is 0. The van der Waals surface area contributed by atoms with Gasteiger partial charge in [-0.2, -0.15) is 8.78 Å². The summed E-state index contributed by atoms with van der Waals surface area (Å²) in [6, 6.07) is 0. The second-order valence-electron chi connectivity index (χ2n) is 10.4. The molecule has 0 unspecified atom stereocenters. The molecule has 1 aromatic carbocycles. The van der Waals surface area contributed by atoms with E-state index >= 15 is 0 Å². The monoisotopic (exact) mass is 734 g/mol. The Morgan fingerprint density at radius 3 is 1.14 bits per heavy atom. The Hall–Kier alpha value is -2.51. The highest BCUT2D eigenvalue weighted by molar-refractivity contribution is 5.72. The van der Waals surface area contributed by atoms with Crippen LogP contribution in [0.3, 0.4) is 0 Å². The molecule has 12 nitrogen and oxygen atoms in total. The molecule has 0 aliphatic rings. The second-order valence-corrected chi connectivity index (χ2v) is 10.4. The molecule has 0 aliphatic heterocycles. The summed E-state index contributed by atoms with van der Waals surface area (Å²) in [5, 5.41) is 0. The van der Waals surface area contributed by atoms with Crippen molar-refractivity contribution in [1.82, 2.24) is 0 Å². The molecule has 0 atom stereocenters. The molecule has 0 fully saturated rings. The van der Waals surface area contributed by atoms with Crippen LogP contribution < -0.4 is 4.74 Å². The van der Waals surface area contributed by atoms with Crippen LogP contribution >= 0.6 is 0 Å². The van der Waals surface area contributed by atoms with Crippen molar-refractivity contribution in [1.29, 1.82) is 0 Å². The lowest BCUT2D eigenvalue weighted by molar-refractivity contribution is -0.145. The largest absolute Gasteiger partial charge is 0.463 e. The van der Waals surface area contributed by atoms with Gasteiger partial charge in [0.2, 0.25) is 34.8 Å². The van der Waals surface area contributed by atoms with Crippen molar-refractivity contribution in [2.24, 2.45) is 0 Å². The Balaban J connectivity index is 1.76. The predicted molar refractivity (Wildman–Crippen MR) is 167 cm³/mol. The first-order valence-electron chi connectivity index (χ1n) is 16.8. The molecule has 0 aromatic heterocycles. The quantitative estimate of drug-likeness (QED) is 0.0243. The third-order valence-electron chi connectivity index (χ3n) is 6.42. The molecule has 0 radical (unpaired) electrons. The number of carbonyl (C=O) groups is 2. The number of hydrogen-bond donors (Lipinski definition) is 0. The van der Waals surface area contributed by atoms with Gasteiger partial charge in [-0.1, -0.05) is 32.6 Å². The van der Waals surface area contributed by atoms with Gasteiger partial charge in [0, 0.05) is 6.42 Å². The van der Waals surface area contributed by atoms with Gasteiger partial charge in [-0.25, -0.2) is 13.2 Å². The number of benzene rings is 1. The van der Waals surface area contributed by atoms with Crippen LogP contribution in [0.4, 0.5) is 22.0 Å². The van der Waals surface area contributed by atoms with Crippen LogP contribution in [0.5, 0.6) is 5.75 Å². The van der Waals surface area contributed by atoms with E-state index in [0.29, 0.717) is 85.7 Å². The Kier molecular flexibility index (Phi) is 28.4. The highest BCUT2D eigenvalue weighted by Crippen LogP contribution is 2.29. The van der Waals surface area contributed by atoms with Gasteiger partial charge in [-0.05, 0) is 6.42 Å². The minimum Gasteiger partial charge on any atom is -0.463 e. The Bertz CT molecular complexity index is 1010. The first-order chi connectivity index (χ1) is 24.3. The van der Waals surface area contributed by atoms with Crippen LogP contribution in [0.2, 0.25) is 0 Å². The van der Waals surface area contributed by atoms with Crippen LogP contribution in [0.1, 0.15) is 51.9 Å². The minimum absolute atomic E-state index is 0.0781. The molecule has 0 spiro atoms. The molecule has 0 N–H and O–H groups in total. The van der Waals surface area contributed by atoms with Crippen molar-refractivity contribution >= 4 is 11.9 Å². The third-order valence-corrected chi connectivity index (χ3v) is 6.42. The molecule has 0 heterocycles. The highest BCUT2D eigenvalue weighted by atomic mass is 19.2. The number of rotatable bonds is 34. The van der Waals surface area contributed by atoms with Gasteiger partial charge in [0.1, 0.15) is 6.61 Å². The second kappa shape index (κ2) is 31.2. The standard InChI is InChI=1S/C33H51F5O12/c1-2-3-4-5-6-7-26(39)49-25-24-48-23-22-47-21-20-46-19-18-45-17-16-44-15-14-43-13-12-42-11-10-41-9-8-27(40)50-33-31(37)29(35)28(34)30(36)32(33)38/h2-25H2,1H3. The SMILES string of the molecule is CCCCCCCC(=O)OCCOCCOCCOCCOCCOCCOCCOCCOCCC(=O)Oc1c(F)c(F)c(F)c(F)c1F. The van der Waals surface area contributed by atoms with Crippen molar-refractivity contribution in [2.45, 2.75) is 51.9 Å². The lowest BCUT2D eigenvalue weighted by atomic mass is 10.1. The summed E-state index contributed by atoms with van der Waals surface area (Å²) in [4.78, 5) is 23.2. The molecule has 0 amide bonds. The van der Waals surface area contributed by atoms with Gasteiger partial charge >= 0.3 is 11.9 Å². The number of ether oxygens (including phenoxy) is 10. The molecule has 0 saturated heterocycles. The zero-order valence-corrected chi connectivity index (χ0v) is 28.8. The molecular weight excluding hydrogens is 683 g/mol. The molecule has 0 bridgehead atoms. The van der Waals surface area contributed by atoms with E-state index in [-0.39, 0.29) is 39.0 Å². The topological polar surface area (TPSA) is 126 Å². The fraction of sp³-hybridized carbons (Fsp3) is 0.758. The summed E-state index contributed by atoms with van der Waals surface area (Å²) in [5.74, 6) is -14.3. The van der Waals surface area contributed by atoms with Crippen LogP contribution in [0.25, 0.3) is 0 Å². The molecular formula is C33H51F5O12. The van der Waals surface area contributed by atoms with Gasteiger partial charge in [-0.15, -0.1) is 0 Å². The number of esters is 2. The predicted octanol–water partition coefficient (Wildman–Crippen LogP) is 4.71. The number of carbonyl (C=O) groups excluding carboxylic acids is 2. The maximum atomic E-state index is 13.5.